The summed E-state index contributed by atoms with van der Waals surface area (Å²) >= 11 is 0. The maximum absolute atomic E-state index is 12.2. The van der Waals surface area contributed by atoms with Crippen LogP contribution in [0.15, 0.2) is 18.2 Å². The van der Waals surface area contributed by atoms with Crippen molar-refractivity contribution in [3.8, 4) is 5.75 Å². The monoisotopic (exact) mass is 302 g/mol. The number of ether oxygens (including phenoxy) is 1. The lowest BCUT2D eigenvalue weighted by Crippen LogP contribution is -2.48. The SMILES string of the molecule is CCC1(CCN2CCCC2)CNC(=O)c2ccc(OC)cc21. The van der Waals surface area contributed by atoms with Crippen molar-refractivity contribution in [1.82, 2.24) is 10.2 Å². The van der Waals surface area contributed by atoms with Gasteiger partial charge in [-0.15, -0.1) is 0 Å². The smallest absolute Gasteiger partial charge is 0.251 e. The number of carbonyl (C=O) groups excluding carboxylic acids is 1. The second-order valence-corrected chi connectivity index (χ2v) is 6.53. The zero-order chi connectivity index (χ0) is 15.6. The molecule has 1 amide bonds. The Morgan fingerprint density at radius 2 is 2.09 bits per heavy atom. The zero-order valence-electron chi connectivity index (χ0n) is 13.7. The number of hydrogen-bond acceptors (Lipinski definition) is 3. The second kappa shape index (κ2) is 6.29. The first-order valence-corrected chi connectivity index (χ1v) is 8.37. The molecule has 0 spiro atoms. The third-order valence-corrected chi connectivity index (χ3v) is 5.41. The minimum atomic E-state index is 0.0281. The Hall–Kier alpha value is -1.55. The number of likely N-dealkylation sites (tertiary alicyclic amines) is 1. The van der Waals surface area contributed by atoms with E-state index in [-0.39, 0.29) is 11.3 Å². The molecule has 120 valence electrons. The van der Waals surface area contributed by atoms with Crippen LogP contribution in [0.4, 0.5) is 0 Å². The highest BCUT2D eigenvalue weighted by Gasteiger charge is 2.38. The summed E-state index contributed by atoms with van der Waals surface area (Å²) in [4.78, 5) is 14.7. The second-order valence-electron chi connectivity index (χ2n) is 6.53. The van der Waals surface area contributed by atoms with Crippen LogP contribution in [-0.4, -0.2) is 44.1 Å². The van der Waals surface area contributed by atoms with Crippen LogP contribution in [0, 0.1) is 0 Å². The number of hydrogen-bond donors (Lipinski definition) is 1. The Balaban J connectivity index is 1.90. The largest absolute Gasteiger partial charge is 0.497 e. The van der Waals surface area contributed by atoms with Gasteiger partial charge in [0.25, 0.3) is 5.91 Å². The van der Waals surface area contributed by atoms with Crippen LogP contribution in [0.5, 0.6) is 5.75 Å². The molecule has 0 bridgehead atoms. The summed E-state index contributed by atoms with van der Waals surface area (Å²) in [5, 5.41) is 3.09. The first kappa shape index (κ1) is 15.3. The van der Waals surface area contributed by atoms with E-state index in [0.29, 0.717) is 0 Å². The van der Waals surface area contributed by atoms with Gasteiger partial charge in [0.1, 0.15) is 5.75 Å². The Morgan fingerprint density at radius 1 is 1.32 bits per heavy atom. The minimum absolute atomic E-state index is 0.0281. The lowest BCUT2D eigenvalue weighted by Gasteiger charge is -2.39. The average molecular weight is 302 g/mol. The molecular formula is C18H26N2O2. The number of rotatable bonds is 5. The summed E-state index contributed by atoms with van der Waals surface area (Å²) in [6.45, 7) is 6.51. The topological polar surface area (TPSA) is 41.6 Å². The standard InChI is InChI=1S/C18H26N2O2/c1-3-18(8-11-20-9-4-5-10-20)13-19-17(21)15-7-6-14(22-2)12-16(15)18/h6-7,12H,3-5,8-11,13H2,1-2H3,(H,19,21). The molecule has 1 unspecified atom stereocenters. The van der Waals surface area contributed by atoms with Gasteiger partial charge in [0.15, 0.2) is 0 Å². The molecule has 0 saturated carbocycles. The molecule has 1 saturated heterocycles. The van der Waals surface area contributed by atoms with Gasteiger partial charge in [0.05, 0.1) is 7.11 Å². The highest BCUT2D eigenvalue weighted by atomic mass is 16.5. The molecule has 2 aliphatic rings. The van der Waals surface area contributed by atoms with Crippen molar-refractivity contribution in [3.05, 3.63) is 29.3 Å². The van der Waals surface area contributed by atoms with E-state index in [0.717, 1.165) is 42.8 Å². The summed E-state index contributed by atoms with van der Waals surface area (Å²) in [5.41, 5.74) is 2.01. The maximum atomic E-state index is 12.2. The lowest BCUT2D eigenvalue weighted by atomic mass is 9.71. The van der Waals surface area contributed by atoms with Crippen molar-refractivity contribution in [2.75, 3.05) is 33.3 Å². The van der Waals surface area contributed by atoms with Gasteiger partial charge in [0, 0.05) is 17.5 Å². The fourth-order valence-corrected chi connectivity index (χ4v) is 3.82. The number of amides is 1. The van der Waals surface area contributed by atoms with Crippen LogP contribution in [0.25, 0.3) is 0 Å². The maximum Gasteiger partial charge on any atom is 0.251 e. The fraction of sp³-hybridized carbons (Fsp3) is 0.611. The van der Waals surface area contributed by atoms with E-state index < -0.39 is 0 Å². The lowest BCUT2D eigenvalue weighted by molar-refractivity contribution is 0.0917. The van der Waals surface area contributed by atoms with Crippen LogP contribution in [0.1, 0.15) is 48.5 Å². The first-order valence-electron chi connectivity index (χ1n) is 8.37. The van der Waals surface area contributed by atoms with E-state index in [1.165, 1.54) is 25.9 Å². The fourth-order valence-electron chi connectivity index (χ4n) is 3.82. The number of nitrogens with one attached hydrogen (secondary N) is 1. The van der Waals surface area contributed by atoms with Crippen molar-refractivity contribution in [1.29, 1.82) is 0 Å². The average Bonchev–Trinajstić information content (AvgIpc) is 3.08. The summed E-state index contributed by atoms with van der Waals surface area (Å²) in [7, 11) is 1.68. The number of nitrogens with zero attached hydrogens (tertiary/aromatic N) is 1. The van der Waals surface area contributed by atoms with Gasteiger partial charge in [-0.25, -0.2) is 0 Å². The van der Waals surface area contributed by atoms with Crippen LogP contribution in [-0.2, 0) is 5.41 Å². The van der Waals surface area contributed by atoms with Gasteiger partial charge < -0.3 is 15.0 Å². The molecular weight excluding hydrogens is 276 g/mol. The quantitative estimate of drug-likeness (QED) is 0.909. The molecule has 1 atom stereocenters. The molecule has 2 aliphatic heterocycles. The van der Waals surface area contributed by atoms with Gasteiger partial charge in [-0.05, 0) is 69.1 Å². The van der Waals surface area contributed by atoms with E-state index >= 15 is 0 Å². The van der Waals surface area contributed by atoms with Gasteiger partial charge in [-0.3, -0.25) is 4.79 Å². The molecule has 4 nitrogen and oxygen atoms in total. The Kier molecular flexibility index (Phi) is 4.39. The van der Waals surface area contributed by atoms with Gasteiger partial charge in [-0.2, -0.15) is 0 Å². The minimum Gasteiger partial charge on any atom is -0.497 e. The van der Waals surface area contributed by atoms with Gasteiger partial charge in [0.2, 0.25) is 0 Å². The number of carbonyl (C=O) groups is 1. The number of benzene rings is 1. The van der Waals surface area contributed by atoms with Crippen molar-refractivity contribution in [2.45, 2.75) is 38.0 Å². The Bertz CT molecular complexity index is 552. The third kappa shape index (κ3) is 2.72. The summed E-state index contributed by atoms with van der Waals surface area (Å²) in [5.74, 6) is 0.885. The summed E-state index contributed by atoms with van der Waals surface area (Å²) in [6.07, 6.45) is 4.76. The van der Waals surface area contributed by atoms with E-state index in [2.05, 4.69) is 23.2 Å². The number of fused-ring (bicyclic) bond motifs is 1. The molecule has 2 heterocycles. The highest BCUT2D eigenvalue weighted by Crippen LogP contribution is 2.38. The predicted octanol–water partition coefficient (Wildman–Crippen LogP) is 2.57. The normalized spacial score (nSPS) is 24.9. The molecule has 4 heteroatoms. The van der Waals surface area contributed by atoms with E-state index in [9.17, 15) is 4.79 Å². The molecule has 1 aromatic rings. The van der Waals surface area contributed by atoms with Crippen molar-refractivity contribution in [3.63, 3.8) is 0 Å². The van der Waals surface area contributed by atoms with Crippen molar-refractivity contribution in [2.24, 2.45) is 0 Å². The van der Waals surface area contributed by atoms with Crippen LogP contribution >= 0.6 is 0 Å². The van der Waals surface area contributed by atoms with Crippen molar-refractivity contribution >= 4 is 5.91 Å². The molecule has 1 aromatic carbocycles. The Labute approximate surface area is 132 Å². The molecule has 22 heavy (non-hydrogen) atoms. The highest BCUT2D eigenvalue weighted by molar-refractivity contribution is 5.97. The van der Waals surface area contributed by atoms with Crippen LogP contribution in [0.2, 0.25) is 0 Å². The molecule has 0 aromatic heterocycles. The van der Waals surface area contributed by atoms with Gasteiger partial charge >= 0.3 is 0 Å². The molecule has 1 fully saturated rings. The molecule has 0 aliphatic carbocycles. The zero-order valence-corrected chi connectivity index (χ0v) is 13.7. The van der Waals surface area contributed by atoms with Crippen molar-refractivity contribution < 1.29 is 9.53 Å². The van der Waals surface area contributed by atoms with E-state index in [1.807, 2.05) is 12.1 Å². The molecule has 1 N–H and O–H groups in total. The summed E-state index contributed by atoms with van der Waals surface area (Å²) in [6, 6.07) is 5.86. The number of methoxy groups -OCH3 is 1. The van der Waals surface area contributed by atoms with Crippen LogP contribution in [0.3, 0.4) is 0 Å². The summed E-state index contributed by atoms with van der Waals surface area (Å²) < 4.78 is 5.39. The first-order chi connectivity index (χ1) is 10.7. The predicted molar refractivity (Wildman–Crippen MR) is 87.6 cm³/mol. The van der Waals surface area contributed by atoms with E-state index in [4.69, 9.17) is 4.74 Å². The molecule has 3 rings (SSSR count). The van der Waals surface area contributed by atoms with Crippen LogP contribution < -0.4 is 10.1 Å². The molecule has 0 radical (unpaired) electrons. The van der Waals surface area contributed by atoms with E-state index in [1.54, 1.807) is 7.11 Å². The Morgan fingerprint density at radius 3 is 2.77 bits per heavy atom. The van der Waals surface area contributed by atoms with Gasteiger partial charge in [-0.1, -0.05) is 6.92 Å². The third-order valence-electron chi connectivity index (χ3n) is 5.41.